The number of hydrogen-bond donors (Lipinski definition) is 2. The summed E-state index contributed by atoms with van der Waals surface area (Å²) in [5.74, 6) is -3.50. The number of halogens is 3. The quantitative estimate of drug-likeness (QED) is 0.658. The average molecular weight is 285 g/mol. The molecule has 1 heterocycles. The summed E-state index contributed by atoms with van der Waals surface area (Å²) in [7, 11) is 0. The van der Waals surface area contributed by atoms with Gasteiger partial charge in [-0.1, -0.05) is 12.1 Å². The second-order valence-electron chi connectivity index (χ2n) is 4.44. The lowest BCUT2D eigenvalue weighted by Gasteiger charge is -2.05. The van der Waals surface area contributed by atoms with Crippen LogP contribution >= 0.6 is 0 Å². The highest BCUT2D eigenvalue weighted by molar-refractivity contribution is 6.42. The summed E-state index contributed by atoms with van der Waals surface area (Å²) in [6, 6.07) is 2.86. The lowest BCUT2D eigenvalue weighted by Crippen LogP contribution is -2.18. The van der Waals surface area contributed by atoms with Gasteiger partial charge >= 0.3 is 12.1 Å². The van der Waals surface area contributed by atoms with Crippen LogP contribution in [0.3, 0.4) is 0 Å². The van der Waals surface area contributed by atoms with Gasteiger partial charge in [0.15, 0.2) is 0 Å². The number of aliphatic carboxylic acids is 1. The van der Waals surface area contributed by atoms with Crippen LogP contribution in [0, 0.1) is 13.8 Å². The van der Waals surface area contributed by atoms with Crippen molar-refractivity contribution in [2.45, 2.75) is 20.0 Å². The molecule has 0 aliphatic heterocycles. The molecule has 2 aromatic rings. The molecule has 0 unspecified atom stereocenters. The number of ketones is 1. The minimum atomic E-state index is -4.83. The highest BCUT2D eigenvalue weighted by atomic mass is 19.4. The van der Waals surface area contributed by atoms with Gasteiger partial charge < -0.3 is 10.1 Å². The van der Waals surface area contributed by atoms with Gasteiger partial charge in [-0.25, -0.2) is 4.79 Å². The Morgan fingerprint density at radius 1 is 1.20 bits per heavy atom. The van der Waals surface area contributed by atoms with Gasteiger partial charge in [0.1, 0.15) is 5.69 Å². The Kier molecular flexibility index (Phi) is 3.08. The lowest BCUT2D eigenvalue weighted by molar-refractivity contribution is -0.141. The number of hydrogen-bond acceptors (Lipinski definition) is 2. The first-order valence-electron chi connectivity index (χ1n) is 5.61. The van der Waals surface area contributed by atoms with Gasteiger partial charge in [-0.3, -0.25) is 4.79 Å². The Hall–Kier alpha value is -2.31. The minimum Gasteiger partial charge on any atom is -0.475 e. The topological polar surface area (TPSA) is 70.2 Å². The van der Waals surface area contributed by atoms with E-state index in [-0.39, 0.29) is 10.9 Å². The molecule has 4 nitrogen and oxygen atoms in total. The number of H-pyrrole nitrogens is 1. The minimum absolute atomic E-state index is 0.0344. The fourth-order valence-electron chi connectivity index (χ4n) is 2.06. The number of carboxylic acids is 1. The van der Waals surface area contributed by atoms with Crippen molar-refractivity contribution in [3.63, 3.8) is 0 Å². The van der Waals surface area contributed by atoms with Crippen LogP contribution in [0.1, 0.15) is 27.2 Å². The fourth-order valence-corrected chi connectivity index (χ4v) is 2.06. The number of carbonyl (C=O) groups is 2. The molecular formula is C13H10F3NO3. The molecule has 0 amide bonds. The Bertz CT molecular complexity index is 729. The van der Waals surface area contributed by atoms with Crippen molar-refractivity contribution < 1.29 is 27.9 Å². The SMILES string of the molecule is Cc1ccc2c(C(=O)C(=O)O)c(C(F)(F)F)[nH]c2c1C. The summed E-state index contributed by atoms with van der Waals surface area (Å²) in [5.41, 5.74) is -0.766. The van der Waals surface area contributed by atoms with E-state index in [2.05, 4.69) is 4.98 Å². The lowest BCUT2D eigenvalue weighted by atomic mass is 10.0. The summed E-state index contributed by atoms with van der Waals surface area (Å²) in [4.78, 5) is 24.4. The van der Waals surface area contributed by atoms with Crippen LogP contribution < -0.4 is 0 Å². The van der Waals surface area contributed by atoms with Gasteiger partial charge in [-0.2, -0.15) is 13.2 Å². The van der Waals surface area contributed by atoms with Crippen LogP contribution in [0.5, 0.6) is 0 Å². The highest BCUT2D eigenvalue weighted by Gasteiger charge is 2.40. The van der Waals surface area contributed by atoms with Gasteiger partial charge in [-0.05, 0) is 25.0 Å². The molecule has 0 saturated carbocycles. The number of fused-ring (bicyclic) bond motifs is 1. The fraction of sp³-hybridized carbons (Fsp3) is 0.231. The molecule has 0 atom stereocenters. The number of aromatic amines is 1. The molecule has 1 aromatic carbocycles. The molecule has 0 fully saturated rings. The zero-order valence-corrected chi connectivity index (χ0v) is 10.6. The van der Waals surface area contributed by atoms with Gasteiger partial charge in [0.05, 0.1) is 5.56 Å². The summed E-state index contributed by atoms with van der Waals surface area (Å²) in [6.07, 6.45) is -4.83. The van der Waals surface area contributed by atoms with Crippen LogP contribution in [-0.4, -0.2) is 21.8 Å². The third kappa shape index (κ3) is 2.04. The van der Waals surface area contributed by atoms with Gasteiger partial charge in [0.25, 0.3) is 5.78 Å². The average Bonchev–Trinajstić information content (AvgIpc) is 2.72. The molecule has 2 rings (SSSR count). The molecule has 106 valence electrons. The summed E-state index contributed by atoms with van der Waals surface area (Å²) < 4.78 is 38.9. The van der Waals surface area contributed by atoms with Gasteiger partial charge in [0, 0.05) is 10.9 Å². The van der Waals surface area contributed by atoms with E-state index < -0.39 is 29.2 Å². The van der Waals surface area contributed by atoms with E-state index >= 15 is 0 Å². The third-order valence-corrected chi connectivity index (χ3v) is 3.21. The largest absolute Gasteiger partial charge is 0.475 e. The van der Waals surface area contributed by atoms with Crippen LogP contribution in [-0.2, 0) is 11.0 Å². The number of carboxylic acid groups (broad SMARTS) is 1. The monoisotopic (exact) mass is 285 g/mol. The molecule has 0 radical (unpaired) electrons. The number of nitrogens with one attached hydrogen (secondary N) is 1. The summed E-state index contributed by atoms with van der Waals surface area (Å²) in [6.45, 7) is 3.31. The summed E-state index contributed by atoms with van der Waals surface area (Å²) >= 11 is 0. The molecule has 2 N–H and O–H groups in total. The van der Waals surface area contributed by atoms with Crippen LogP contribution in [0.15, 0.2) is 12.1 Å². The predicted molar refractivity (Wildman–Crippen MR) is 64.7 cm³/mol. The van der Waals surface area contributed by atoms with E-state index in [4.69, 9.17) is 5.11 Å². The van der Waals surface area contributed by atoms with Crippen LogP contribution in [0.4, 0.5) is 13.2 Å². The first-order chi connectivity index (χ1) is 9.14. The molecule has 0 saturated heterocycles. The van der Waals surface area contributed by atoms with Crippen molar-refractivity contribution in [1.82, 2.24) is 4.98 Å². The van der Waals surface area contributed by atoms with Crippen molar-refractivity contribution in [2.75, 3.05) is 0 Å². The Balaban J connectivity index is 2.92. The van der Waals surface area contributed by atoms with Crippen LogP contribution in [0.25, 0.3) is 10.9 Å². The highest BCUT2D eigenvalue weighted by Crippen LogP contribution is 2.37. The van der Waals surface area contributed by atoms with Crippen LogP contribution in [0.2, 0.25) is 0 Å². The van der Waals surface area contributed by atoms with Crippen molar-refractivity contribution in [1.29, 1.82) is 0 Å². The first kappa shape index (κ1) is 14.1. The number of Topliss-reactive ketones (excluding diaryl/α,β-unsaturated/α-hetero) is 1. The molecule has 0 spiro atoms. The maximum absolute atomic E-state index is 13.0. The molecule has 20 heavy (non-hydrogen) atoms. The number of aryl methyl sites for hydroxylation is 2. The van der Waals surface area contributed by atoms with Gasteiger partial charge in [0.2, 0.25) is 0 Å². The maximum atomic E-state index is 13.0. The second-order valence-corrected chi connectivity index (χ2v) is 4.44. The molecular weight excluding hydrogens is 275 g/mol. The molecule has 0 aliphatic carbocycles. The first-order valence-corrected chi connectivity index (χ1v) is 5.61. The zero-order valence-electron chi connectivity index (χ0n) is 10.6. The van der Waals surface area contributed by atoms with Gasteiger partial charge in [-0.15, -0.1) is 0 Å². The van der Waals surface area contributed by atoms with E-state index in [1.807, 2.05) is 0 Å². The second kappa shape index (κ2) is 4.36. The zero-order chi connectivity index (χ0) is 15.2. The molecule has 1 aromatic heterocycles. The van der Waals surface area contributed by atoms with E-state index in [0.717, 1.165) is 5.56 Å². The standard InChI is InChI=1S/C13H10F3NO3/c1-5-3-4-7-8(10(18)12(19)20)11(13(14,15)16)17-9(7)6(5)2/h3-4,17H,1-2H3,(H,19,20). The van der Waals surface area contributed by atoms with Crippen molar-refractivity contribution >= 4 is 22.7 Å². The number of rotatable bonds is 2. The van der Waals surface area contributed by atoms with Crippen molar-refractivity contribution in [3.8, 4) is 0 Å². The normalized spacial score (nSPS) is 11.8. The third-order valence-electron chi connectivity index (χ3n) is 3.21. The summed E-state index contributed by atoms with van der Waals surface area (Å²) in [5, 5.41) is 8.66. The Morgan fingerprint density at radius 3 is 2.30 bits per heavy atom. The number of alkyl halides is 3. The van der Waals surface area contributed by atoms with E-state index in [0.29, 0.717) is 5.56 Å². The molecule has 0 bridgehead atoms. The smallest absolute Gasteiger partial charge is 0.432 e. The van der Waals surface area contributed by atoms with Crippen molar-refractivity contribution in [3.05, 3.63) is 34.5 Å². The van der Waals surface area contributed by atoms with E-state index in [1.165, 1.54) is 6.07 Å². The van der Waals surface area contributed by atoms with Crippen molar-refractivity contribution in [2.24, 2.45) is 0 Å². The molecule has 0 aliphatic rings. The van der Waals surface area contributed by atoms with E-state index in [9.17, 15) is 22.8 Å². The molecule has 7 heteroatoms. The number of benzene rings is 1. The number of carbonyl (C=O) groups excluding carboxylic acids is 1. The Labute approximate surface area is 111 Å². The predicted octanol–water partition coefficient (Wildman–Crippen LogP) is 3.07. The Morgan fingerprint density at radius 2 is 1.80 bits per heavy atom. The van der Waals surface area contributed by atoms with E-state index in [1.54, 1.807) is 19.9 Å². The maximum Gasteiger partial charge on any atom is 0.432 e. The number of aromatic nitrogens is 1.